The third-order valence-corrected chi connectivity index (χ3v) is 8.57. The van der Waals surface area contributed by atoms with Gasteiger partial charge in [0.05, 0.1) is 0 Å². The Kier molecular flexibility index (Phi) is 7.82. The van der Waals surface area contributed by atoms with Gasteiger partial charge in [0.25, 0.3) is 6.08 Å². The average Bonchev–Trinajstić information content (AvgIpc) is 2.75. The van der Waals surface area contributed by atoms with Crippen LogP contribution in [0.3, 0.4) is 0 Å². The molecule has 0 radical (unpaired) electrons. The van der Waals surface area contributed by atoms with Gasteiger partial charge >= 0.3 is 0 Å². The van der Waals surface area contributed by atoms with E-state index < -0.39 is 6.08 Å². The van der Waals surface area contributed by atoms with Gasteiger partial charge in [-0.25, -0.2) is 4.39 Å². The second-order valence-corrected chi connectivity index (χ2v) is 10.7. The van der Waals surface area contributed by atoms with E-state index >= 15 is 4.39 Å². The zero-order valence-corrected chi connectivity index (χ0v) is 19.2. The highest BCUT2D eigenvalue weighted by Gasteiger charge is 2.36. The van der Waals surface area contributed by atoms with Crippen molar-refractivity contribution in [3.63, 3.8) is 0 Å². The van der Waals surface area contributed by atoms with Gasteiger partial charge in [0.1, 0.15) is 5.82 Å². The number of allylic oxidation sites excluding steroid dienone is 1. The van der Waals surface area contributed by atoms with Gasteiger partial charge < -0.3 is 0 Å². The molecular weight excluding hydrogens is 393 g/mol. The van der Waals surface area contributed by atoms with Crippen molar-refractivity contribution >= 4 is 0 Å². The summed E-state index contributed by atoms with van der Waals surface area (Å²) < 4.78 is 40.5. The van der Waals surface area contributed by atoms with Crippen molar-refractivity contribution in [2.24, 2.45) is 23.7 Å². The maximum Gasteiger partial charge on any atom is 0.266 e. The second kappa shape index (κ2) is 10.6. The Hall–Kier alpha value is -1.25. The van der Waals surface area contributed by atoms with Gasteiger partial charge in [0.2, 0.25) is 0 Å². The Morgan fingerprint density at radius 2 is 1.74 bits per heavy atom. The molecule has 0 nitrogen and oxygen atoms in total. The number of unbranched alkanes of at least 4 members (excludes halogenated alkanes) is 3. The molecule has 5 unspecified atom stereocenters. The van der Waals surface area contributed by atoms with Crippen LogP contribution in [0.15, 0.2) is 24.3 Å². The summed E-state index contributed by atoms with van der Waals surface area (Å²) in [5.74, 6) is 2.20. The first-order chi connectivity index (χ1) is 15.0. The molecule has 3 aliphatic carbocycles. The molecule has 3 aliphatic rings. The van der Waals surface area contributed by atoms with Gasteiger partial charge in [0.15, 0.2) is 0 Å². The van der Waals surface area contributed by atoms with Gasteiger partial charge in [-0.15, -0.1) is 0 Å². The molecule has 1 aromatic carbocycles. The van der Waals surface area contributed by atoms with E-state index in [4.69, 9.17) is 0 Å². The van der Waals surface area contributed by atoms with E-state index in [1.165, 1.54) is 55.7 Å². The number of hydrogen-bond donors (Lipinski definition) is 0. The first kappa shape index (κ1) is 22.9. The molecular formula is C28H39F3. The molecule has 0 saturated heterocycles. The first-order valence-electron chi connectivity index (χ1n) is 12.9. The smallest absolute Gasteiger partial charge is 0.207 e. The summed E-state index contributed by atoms with van der Waals surface area (Å²) in [6.45, 7) is 2.25. The number of hydrogen-bond acceptors (Lipinski definition) is 0. The highest BCUT2D eigenvalue weighted by atomic mass is 19.3. The number of benzene rings is 1. The van der Waals surface area contributed by atoms with Crippen LogP contribution in [-0.4, -0.2) is 0 Å². The quantitative estimate of drug-likeness (QED) is 0.377. The van der Waals surface area contributed by atoms with Crippen LogP contribution in [-0.2, 0) is 12.8 Å². The van der Waals surface area contributed by atoms with Crippen LogP contribution in [0.4, 0.5) is 13.2 Å². The second-order valence-electron chi connectivity index (χ2n) is 10.7. The van der Waals surface area contributed by atoms with E-state index in [0.717, 1.165) is 62.8 Å². The van der Waals surface area contributed by atoms with Crippen LogP contribution in [0, 0.1) is 29.5 Å². The predicted octanol–water partition coefficient (Wildman–Crippen LogP) is 8.98. The maximum absolute atomic E-state index is 15.2. The molecule has 0 bridgehead atoms. The summed E-state index contributed by atoms with van der Waals surface area (Å²) in [5.41, 5.74) is 3.58. The number of fused-ring (bicyclic) bond motifs is 2. The molecule has 31 heavy (non-hydrogen) atoms. The first-order valence-corrected chi connectivity index (χ1v) is 12.9. The Morgan fingerprint density at radius 1 is 0.935 bits per heavy atom. The number of rotatable bonds is 7. The molecule has 172 valence electrons. The van der Waals surface area contributed by atoms with Gasteiger partial charge in [-0.2, -0.15) is 8.78 Å². The van der Waals surface area contributed by atoms with Crippen molar-refractivity contribution in [3.8, 4) is 0 Å². The zero-order chi connectivity index (χ0) is 21.8. The maximum atomic E-state index is 15.2. The van der Waals surface area contributed by atoms with Gasteiger partial charge in [-0.1, -0.05) is 45.1 Å². The summed E-state index contributed by atoms with van der Waals surface area (Å²) in [6, 6.07) is 4.07. The van der Waals surface area contributed by atoms with Crippen LogP contribution in [0.5, 0.6) is 0 Å². The van der Waals surface area contributed by atoms with E-state index in [0.29, 0.717) is 17.8 Å². The van der Waals surface area contributed by atoms with Crippen molar-refractivity contribution < 1.29 is 13.2 Å². The molecule has 2 saturated carbocycles. The Labute approximate surface area is 186 Å². The molecule has 0 amide bonds. The largest absolute Gasteiger partial charge is 0.266 e. The molecule has 2 fully saturated rings. The topological polar surface area (TPSA) is 0 Å². The monoisotopic (exact) mass is 432 g/mol. The molecule has 4 rings (SSSR count). The molecule has 0 heterocycles. The van der Waals surface area contributed by atoms with Crippen molar-refractivity contribution in [2.45, 2.75) is 103 Å². The minimum atomic E-state index is -1.53. The number of aryl methyl sites for hydroxylation is 1. The number of halogens is 3. The van der Waals surface area contributed by atoms with Crippen LogP contribution in [0.1, 0.15) is 107 Å². The molecule has 1 aromatic rings. The molecule has 0 aromatic heterocycles. The van der Waals surface area contributed by atoms with Crippen molar-refractivity contribution in [1.29, 1.82) is 0 Å². The van der Waals surface area contributed by atoms with E-state index in [1.807, 2.05) is 6.07 Å². The van der Waals surface area contributed by atoms with E-state index in [9.17, 15) is 8.78 Å². The fourth-order valence-corrected chi connectivity index (χ4v) is 6.83. The van der Waals surface area contributed by atoms with E-state index in [2.05, 4.69) is 13.0 Å². The summed E-state index contributed by atoms with van der Waals surface area (Å²) >= 11 is 0. The van der Waals surface area contributed by atoms with E-state index in [1.54, 1.807) is 0 Å². The van der Waals surface area contributed by atoms with Crippen LogP contribution in [0.25, 0.3) is 0 Å². The summed E-state index contributed by atoms with van der Waals surface area (Å²) in [5, 5.41) is 0. The highest BCUT2D eigenvalue weighted by Crippen LogP contribution is 2.49. The van der Waals surface area contributed by atoms with E-state index in [-0.39, 0.29) is 11.7 Å². The summed E-state index contributed by atoms with van der Waals surface area (Å²) in [4.78, 5) is 0. The van der Waals surface area contributed by atoms with Gasteiger partial charge in [-0.05, 0) is 116 Å². The van der Waals surface area contributed by atoms with Gasteiger partial charge in [-0.3, -0.25) is 0 Å². The predicted molar refractivity (Wildman–Crippen MR) is 122 cm³/mol. The lowest BCUT2D eigenvalue weighted by atomic mass is 9.63. The normalized spacial score (nSPS) is 30.4. The Bertz CT molecular complexity index is 764. The Balaban J connectivity index is 1.37. The lowest BCUT2D eigenvalue weighted by molar-refractivity contribution is 0.131. The van der Waals surface area contributed by atoms with Gasteiger partial charge in [0, 0.05) is 0 Å². The summed E-state index contributed by atoms with van der Waals surface area (Å²) in [7, 11) is 0. The third kappa shape index (κ3) is 5.76. The highest BCUT2D eigenvalue weighted by molar-refractivity contribution is 5.37. The molecule has 0 N–H and O–H groups in total. The molecule has 3 heteroatoms. The fourth-order valence-electron chi connectivity index (χ4n) is 6.83. The fraction of sp³-hybridized carbons (Fsp3) is 0.714. The average molecular weight is 433 g/mol. The molecule has 5 atom stereocenters. The molecule has 0 spiro atoms. The van der Waals surface area contributed by atoms with Crippen LogP contribution < -0.4 is 0 Å². The lowest BCUT2D eigenvalue weighted by Gasteiger charge is -2.42. The standard InChI is InChI=1S/C28H39F3/c1-2-3-4-5-6-19-7-9-23-17-26(27(29)18-25(23)13-19)24-12-11-21-14-20(15-28(30)31)8-10-22(21)16-24/h15,17-22,24H,2-14,16H2,1H3. The Morgan fingerprint density at radius 3 is 2.55 bits per heavy atom. The van der Waals surface area contributed by atoms with Crippen molar-refractivity contribution in [3.05, 3.63) is 46.8 Å². The lowest BCUT2D eigenvalue weighted by Crippen LogP contribution is -2.30. The summed E-state index contributed by atoms with van der Waals surface area (Å²) in [6.07, 6.45) is 15.4. The van der Waals surface area contributed by atoms with Crippen LogP contribution >= 0.6 is 0 Å². The molecule has 0 aliphatic heterocycles. The third-order valence-electron chi connectivity index (χ3n) is 8.57. The minimum absolute atomic E-state index is 0.00459. The van der Waals surface area contributed by atoms with Crippen LogP contribution in [0.2, 0.25) is 0 Å². The zero-order valence-electron chi connectivity index (χ0n) is 19.2. The SMILES string of the molecule is CCCCCCC1CCc2cc(C3CCC4CC(C=C(F)F)CCC4C3)c(F)cc2C1. The minimum Gasteiger partial charge on any atom is -0.207 e. The van der Waals surface area contributed by atoms with Crippen molar-refractivity contribution in [2.75, 3.05) is 0 Å². The van der Waals surface area contributed by atoms with Crippen molar-refractivity contribution in [1.82, 2.24) is 0 Å².